The van der Waals surface area contributed by atoms with E-state index in [1.807, 2.05) is 13.1 Å². The molecule has 2 heterocycles. The van der Waals surface area contributed by atoms with Gasteiger partial charge in [-0.3, -0.25) is 4.68 Å². The predicted octanol–water partition coefficient (Wildman–Crippen LogP) is 1.81. The third kappa shape index (κ3) is 2.66. The van der Waals surface area contributed by atoms with Crippen molar-refractivity contribution in [3.63, 3.8) is 0 Å². The van der Waals surface area contributed by atoms with Crippen LogP contribution in [0.4, 0.5) is 5.69 Å². The number of nitrogens with zero attached hydrogens (tertiary/aromatic N) is 2. The Bertz CT molecular complexity index is 516. The van der Waals surface area contributed by atoms with Gasteiger partial charge in [-0.05, 0) is 19.1 Å². The minimum atomic E-state index is -1.06. The first-order chi connectivity index (χ1) is 8.19. The highest BCUT2D eigenvalue weighted by molar-refractivity contribution is 5.84. The van der Waals surface area contributed by atoms with E-state index >= 15 is 0 Å². The standard InChI is InChI=1S/C11H13N3O3/c1-2-14-7-8(5-13-14)12-6-9-3-4-10(17-9)11(15)16/h3-5,7,12H,2,6H2,1H3,(H,15,16). The van der Waals surface area contributed by atoms with Crippen molar-refractivity contribution in [1.29, 1.82) is 0 Å². The van der Waals surface area contributed by atoms with Crippen LogP contribution in [-0.2, 0) is 13.1 Å². The second kappa shape index (κ2) is 4.73. The highest BCUT2D eigenvalue weighted by Crippen LogP contribution is 2.11. The Labute approximate surface area is 97.9 Å². The van der Waals surface area contributed by atoms with E-state index in [9.17, 15) is 4.79 Å². The summed E-state index contributed by atoms with van der Waals surface area (Å²) in [7, 11) is 0. The summed E-state index contributed by atoms with van der Waals surface area (Å²) in [4.78, 5) is 10.6. The summed E-state index contributed by atoms with van der Waals surface area (Å²) in [5.74, 6) is -0.534. The first-order valence-corrected chi connectivity index (χ1v) is 5.27. The monoisotopic (exact) mass is 235 g/mol. The minimum absolute atomic E-state index is 0.0500. The van der Waals surface area contributed by atoms with Crippen molar-refractivity contribution in [3.8, 4) is 0 Å². The normalized spacial score (nSPS) is 10.4. The quantitative estimate of drug-likeness (QED) is 0.826. The maximum absolute atomic E-state index is 10.6. The van der Waals surface area contributed by atoms with Crippen molar-refractivity contribution < 1.29 is 14.3 Å². The Morgan fingerprint density at radius 2 is 2.41 bits per heavy atom. The van der Waals surface area contributed by atoms with Crippen LogP contribution in [0.1, 0.15) is 23.2 Å². The molecular formula is C11H13N3O3. The number of carbonyl (C=O) groups is 1. The number of hydrogen-bond acceptors (Lipinski definition) is 4. The molecule has 17 heavy (non-hydrogen) atoms. The fraction of sp³-hybridized carbons (Fsp3) is 0.273. The summed E-state index contributed by atoms with van der Waals surface area (Å²) in [6.07, 6.45) is 3.59. The number of aryl methyl sites for hydroxylation is 1. The zero-order valence-electron chi connectivity index (χ0n) is 9.38. The fourth-order valence-electron chi connectivity index (χ4n) is 1.40. The van der Waals surface area contributed by atoms with E-state index in [4.69, 9.17) is 9.52 Å². The van der Waals surface area contributed by atoms with Gasteiger partial charge in [-0.1, -0.05) is 0 Å². The molecule has 2 N–H and O–H groups in total. The lowest BCUT2D eigenvalue weighted by molar-refractivity contribution is 0.0660. The molecule has 6 heteroatoms. The molecule has 90 valence electrons. The zero-order valence-corrected chi connectivity index (χ0v) is 9.38. The van der Waals surface area contributed by atoms with Crippen molar-refractivity contribution in [1.82, 2.24) is 9.78 Å². The summed E-state index contributed by atoms with van der Waals surface area (Å²) in [6.45, 7) is 3.25. The molecule has 0 saturated heterocycles. The van der Waals surface area contributed by atoms with Gasteiger partial charge in [0, 0.05) is 12.7 Å². The van der Waals surface area contributed by atoms with Gasteiger partial charge < -0.3 is 14.8 Å². The molecule has 0 radical (unpaired) electrons. The van der Waals surface area contributed by atoms with Gasteiger partial charge in [-0.2, -0.15) is 5.10 Å². The topological polar surface area (TPSA) is 80.3 Å². The molecular weight excluding hydrogens is 222 g/mol. The summed E-state index contributed by atoms with van der Waals surface area (Å²) < 4.78 is 6.91. The van der Waals surface area contributed by atoms with Gasteiger partial charge in [0.2, 0.25) is 5.76 Å². The van der Waals surface area contributed by atoms with Crippen LogP contribution in [0.5, 0.6) is 0 Å². The molecule has 6 nitrogen and oxygen atoms in total. The maximum Gasteiger partial charge on any atom is 0.371 e. The second-order valence-corrected chi connectivity index (χ2v) is 3.51. The molecule has 0 saturated carbocycles. The van der Waals surface area contributed by atoms with Crippen LogP contribution >= 0.6 is 0 Å². The third-order valence-corrected chi connectivity index (χ3v) is 2.30. The molecule has 0 bridgehead atoms. The number of carboxylic acid groups (broad SMARTS) is 1. The number of furan rings is 1. The van der Waals surface area contributed by atoms with Crippen molar-refractivity contribution in [3.05, 3.63) is 36.0 Å². The van der Waals surface area contributed by atoms with E-state index in [2.05, 4.69) is 10.4 Å². The molecule has 0 spiro atoms. The number of nitrogens with one attached hydrogen (secondary N) is 1. The first kappa shape index (κ1) is 11.3. The van der Waals surface area contributed by atoms with Crippen LogP contribution in [0, 0.1) is 0 Å². The van der Waals surface area contributed by atoms with E-state index < -0.39 is 5.97 Å². The number of aromatic nitrogens is 2. The molecule has 0 aliphatic heterocycles. The summed E-state index contributed by atoms with van der Waals surface area (Å²) in [5.41, 5.74) is 0.875. The lowest BCUT2D eigenvalue weighted by Gasteiger charge is -1.99. The Kier molecular flexibility index (Phi) is 3.13. The van der Waals surface area contributed by atoms with Crippen LogP contribution in [0.3, 0.4) is 0 Å². The molecule has 2 aromatic rings. The van der Waals surface area contributed by atoms with Crippen molar-refractivity contribution >= 4 is 11.7 Å². The second-order valence-electron chi connectivity index (χ2n) is 3.51. The smallest absolute Gasteiger partial charge is 0.371 e. The summed E-state index contributed by atoms with van der Waals surface area (Å²) in [5, 5.41) is 15.9. The van der Waals surface area contributed by atoms with Gasteiger partial charge in [0.25, 0.3) is 0 Å². The molecule has 2 rings (SSSR count). The molecule has 0 aliphatic carbocycles. The molecule has 0 unspecified atom stereocenters. The Morgan fingerprint density at radius 3 is 3.00 bits per heavy atom. The van der Waals surface area contributed by atoms with Crippen LogP contribution in [0.25, 0.3) is 0 Å². The summed E-state index contributed by atoms with van der Waals surface area (Å²) >= 11 is 0. The van der Waals surface area contributed by atoms with E-state index in [1.54, 1.807) is 16.9 Å². The minimum Gasteiger partial charge on any atom is -0.475 e. The van der Waals surface area contributed by atoms with E-state index in [0.29, 0.717) is 12.3 Å². The van der Waals surface area contributed by atoms with Gasteiger partial charge in [-0.15, -0.1) is 0 Å². The maximum atomic E-state index is 10.6. The SMILES string of the molecule is CCn1cc(NCc2ccc(C(=O)O)o2)cn1. The molecule has 0 aliphatic rings. The van der Waals surface area contributed by atoms with Crippen molar-refractivity contribution in [2.75, 3.05) is 5.32 Å². The Balaban J connectivity index is 1.94. The molecule has 0 fully saturated rings. The number of carboxylic acids is 1. The zero-order chi connectivity index (χ0) is 12.3. The third-order valence-electron chi connectivity index (χ3n) is 2.30. The van der Waals surface area contributed by atoms with E-state index in [-0.39, 0.29) is 5.76 Å². The van der Waals surface area contributed by atoms with Crippen molar-refractivity contribution in [2.24, 2.45) is 0 Å². The molecule has 0 aromatic carbocycles. The highest BCUT2D eigenvalue weighted by Gasteiger charge is 2.08. The van der Waals surface area contributed by atoms with Crippen LogP contribution in [0.15, 0.2) is 28.9 Å². The first-order valence-electron chi connectivity index (χ1n) is 5.27. The number of rotatable bonds is 5. The Morgan fingerprint density at radius 1 is 1.59 bits per heavy atom. The Hall–Kier alpha value is -2.24. The van der Waals surface area contributed by atoms with Gasteiger partial charge in [0.15, 0.2) is 0 Å². The summed E-state index contributed by atoms with van der Waals surface area (Å²) in [6, 6.07) is 3.08. The van der Waals surface area contributed by atoms with Gasteiger partial charge >= 0.3 is 5.97 Å². The molecule has 2 aromatic heterocycles. The van der Waals surface area contributed by atoms with Crippen LogP contribution < -0.4 is 5.32 Å². The van der Waals surface area contributed by atoms with Crippen LogP contribution in [-0.4, -0.2) is 20.9 Å². The highest BCUT2D eigenvalue weighted by atomic mass is 16.4. The lowest BCUT2D eigenvalue weighted by Crippen LogP contribution is -1.98. The number of hydrogen-bond donors (Lipinski definition) is 2. The number of aromatic carboxylic acids is 1. The van der Waals surface area contributed by atoms with E-state index in [1.165, 1.54) is 6.07 Å². The molecule has 0 amide bonds. The van der Waals surface area contributed by atoms with Gasteiger partial charge in [0.1, 0.15) is 5.76 Å². The average molecular weight is 235 g/mol. The number of anilines is 1. The average Bonchev–Trinajstić information content (AvgIpc) is 2.95. The van der Waals surface area contributed by atoms with Crippen LogP contribution in [0.2, 0.25) is 0 Å². The largest absolute Gasteiger partial charge is 0.475 e. The van der Waals surface area contributed by atoms with E-state index in [0.717, 1.165) is 12.2 Å². The fourth-order valence-corrected chi connectivity index (χ4v) is 1.40. The van der Waals surface area contributed by atoms with Gasteiger partial charge in [0.05, 0.1) is 18.4 Å². The van der Waals surface area contributed by atoms with Gasteiger partial charge in [-0.25, -0.2) is 4.79 Å². The van der Waals surface area contributed by atoms with Crippen molar-refractivity contribution in [2.45, 2.75) is 20.0 Å². The molecule has 0 atom stereocenters. The predicted molar refractivity (Wildman–Crippen MR) is 60.9 cm³/mol. The lowest BCUT2D eigenvalue weighted by atomic mass is 10.4.